The van der Waals surface area contributed by atoms with E-state index in [1.54, 1.807) is 10.9 Å². The van der Waals surface area contributed by atoms with Crippen LogP contribution in [0.3, 0.4) is 0 Å². The maximum Gasteiger partial charge on any atom is 0.241 e. The molecule has 1 aliphatic heterocycles. The summed E-state index contributed by atoms with van der Waals surface area (Å²) in [7, 11) is 0. The molecule has 8 heteroatoms. The van der Waals surface area contributed by atoms with Crippen molar-refractivity contribution in [1.82, 2.24) is 30.3 Å². The fourth-order valence-electron chi connectivity index (χ4n) is 2.53. The Kier molecular flexibility index (Phi) is 4.19. The maximum absolute atomic E-state index is 11.9. The van der Waals surface area contributed by atoms with Gasteiger partial charge in [-0.1, -0.05) is 0 Å². The van der Waals surface area contributed by atoms with Gasteiger partial charge in [-0.05, 0) is 32.8 Å². The van der Waals surface area contributed by atoms with Gasteiger partial charge in [-0.2, -0.15) is 10.2 Å². The van der Waals surface area contributed by atoms with E-state index in [4.69, 9.17) is 4.74 Å². The molecule has 2 N–H and O–H groups in total. The van der Waals surface area contributed by atoms with Crippen LogP contribution in [0.5, 0.6) is 0 Å². The molecule has 2 aromatic rings. The van der Waals surface area contributed by atoms with Crippen LogP contribution in [0.1, 0.15) is 36.3 Å². The summed E-state index contributed by atoms with van der Waals surface area (Å²) in [4.78, 5) is 16.2. The first-order valence-electron chi connectivity index (χ1n) is 7.41. The largest absolute Gasteiger partial charge is 0.365 e. The van der Waals surface area contributed by atoms with Crippen molar-refractivity contribution in [2.75, 3.05) is 6.54 Å². The lowest BCUT2D eigenvalue weighted by Gasteiger charge is -2.13. The molecule has 0 radical (unpaired) electrons. The van der Waals surface area contributed by atoms with Crippen LogP contribution in [0.2, 0.25) is 0 Å². The van der Waals surface area contributed by atoms with Crippen molar-refractivity contribution in [3.8, 4) is 0 Å². The Bertz CT molecular complexity index is 649. The first-order valence-corrected chi connectivity index (χ1v) is 7.41. The van der Waals surface area contributed by atoms with E-state index >= 15 is 0 Å². The lowest BCUT2D eigenvalue weighted by Crippen LogP contribution is -2.34. The first kappa shape index (κ1) is 14.7. The number of hydrogen-bond donors (Lipinski definition) is 2. The van der Waals surface area contributed by atoms with E-state index < -0.39 is 0 Å². The van der Waals surface area contributed by atoms with Gasteiger partial charge in [0, 0.05) is 18.4 Å². The molecule has 0 unspecified atom stereocenters. The van der Waals surface area contributed by atoms with Gasteiger partial charge in [0.1, 0.15) is 18.5 Å². The average Bonchev–Trinajstić information content (AvgIpc) is 3.19. The number of H-pyrrole nitrogens is 1. The fourth-order valence-corrected chi connectivity index (χ4v) is 2.53. The summed E-state index contributed by atoms with van der Waals surface area (Å²) in [5, 5.41) is 13.9. The highest BCUT2D eigenvalue weighted by Crippen LogP contribution is 2.30. The minimum atomic E-state index is -0.0831. The third-order valence-electron chi connectivity index (χ3n) is 3.76. The fraction of sp³-hybridized carbons (Fsp3) is 0.571. The zero-order valence-corrected chi connectivity index (χ0v) is 12.7. The van der Waals surface area contributed by atoms with Gasteiger partial charge in [-0.3, -0.25) is 14.6 Å². The molecule has 1 amide bonds. The predicted octanol–water partition coefficient (Wildman–Crippen LogP) is 0.655. The molecular formula is C14H20N6O2. The molecule has 2 atom stereocenters. The van der Waals surface area contributed by atoms with Gasteiger partial charge in [-0.25, -0.2) is 4.98 Å². The van der Waals surface area contributed by atoms with Crippen molar-refractivity contribution in [3.05, 3.63) is 29.6 Å². The topological polar surface area (TPSA) is 97.7 Å². The molecule has 0 bridgehead atoms. The minimum Gasteiger partial charge on any atom is -0.365 e. The van der Waals surface area contributed by atoms with E-state index in [0.29, 0.717) is 12.4 Å². The second kappa shape index (κ2) is 6.27. The molecule has 1 aliphatic rings. The number of hydrogen-bond acceptors (Lipinski definition) is 5. The molecule has 3 rings (SSSR count). The zero-order chi connectivity index (χ0) is 15.5. The highest BCUT2D eigenvalue weighted by molar-refractivity contribution is 5.75. The molecule has 0 aliphatic carbocycles. The van der Waals surface area contributed by atoms with E-state index in [1.807, 2.05) is 19.9 Å². The molecular weight excluding hydrogens is 284 g/mol. The molecule has 1 saturated heterocycles. The van der Waals surface area contributed by atoms with Gasteiger partial charge in [0.2, 0.25) is 5.91 Å². The normalized spacial score (nSPS) is 21.2. The van der Waals surface area contributed by atoms with Gasteiger partial charge in [-0.15, -0.1) is 0 Å². The molecule has 0 aromatic carbocycles. The van der Waals surface area contributed by atoms with Gasteiger partial charge < -0.3 is 10.1 Å². The van der Waals surface area contributed by atoms with Gasteiger partial charge in [0.25, 0.3) is 0 Å². The molecule has 8 nitrogen and oxygen atoms in total. The van der Waals surface area contributed by atoms with Crippen LogP contribution in [-0.4, -0.2) is 43.5 Å². The summed E-state index contributed by atoms with van der Waals surface area (Å²) in [5.41, 5.74) is 0.965. The number of amides is 1. The second-order valence-electron chi connectivity index (χ2n) is 5.54. The van der Waals surface area contributed by atoms with E-state index in [0.717, 1.165) is 24.4 Å². The second-order valence-corrected chi connectivity index (χ2v) is 5.54. The number of ether oxygens (including phenoxy) is 1. The molecule has 22 heavy (non-hydrogen) atoms. The zero-order valence-electron chi connectivity index (χ0n) is 12.7. The van der Waals surface area contributed by atoms with Crippen LogP contribution in [0.15, 0.2) is 12.3 Å². The molecule has 2 aromatic heterocycles. The van der Waals surface area contributed by atoms with Crippen molar-refractivity contribution in [2.24, 2.45) is 0 Å². The van der Waals surface area contributed by atoms with Gasteiger partial charge in [0.05, 0.1) is 6.10 Å². The van der Waals surface area contributed by atoms with E-state index in [-0.39, 0.29) is 24.7 Å². The summed E-state index contributed by atoms with van der Waals surface area (Å²) < 4.78 is 7.56. The van der Waals surface area contributed by atoms with Crippen LogP contribution in [0.25, 0.3) is 0 Å². The number of carbonyl (C=O) groups is 1. The monoisotopic (exact) mass is 304 g/mol. The van der Waals surface area contributed by atoms with Crippen LogP contribution in [0.4, 0.5) is 0 Å². The van der Waals surface area contributed by atoms with Crippen molar-refractivity contribution >= 4 is 5.91 Å². The van der Waals surface area contributed by atoms with Crippen LogP contribution < -0.4 is 5.32 Å². The molecule has 1 fully saturated rings. The summed E-state index contributed by atoms with van der Waals surface area (Å²) in [6.45, 7) is 4.51. The Morgan fingerprint density at radius 1 is 1.50 bits per heavy atom. The van der Waals surface area contributed by atoms with E-state index in [9.17, 15) is 4.79 Å². The van der Waals surface area contributed by atoms with Crippen molar-refractivity contribution in [3.63, 3.8) is 0 Å². The third kappa shape index (κ3) is 3.33. The standard InChI is InChI=1S/C14H20N6O2/c1-9-5-6-16-20(9)8-13(21)15-7-11-3-4-12(22-11)14-17-10(2)18-19-14/h5-6,11-12H,3-4,7-8H2,1-2H3,(H,15,21)(H,17,18,19)/t11-,12+/m1/s1. The van der Waals surface area contributed by atoms with Crippen LogP contribution in [-0.2, 0) is 16.1 Å². The average molecular weight is 304 g/mol. The third-order valence-corrected chi connectivity index (χ3v) is 3.76. The summed E-state index contributed by atoms with van der Waals surface area (Å²) >= 11 is 0. The van der Waals surface area contributed by atoms with Crippen LogP contribution >= 0.6 is 0 Å². The van der Waals surface area contributed by atoms with E-state index in [1.165, 1.54) is 0 Å². The van der Waals surface area contributed by atoms with Crippen LogP contribution in [0, 0.1) is 13.8 Å². The number of carbonyl (C=O) groups excluding carboxylic acids is 1. The van der Waals surface area contributed by atoms with E-state index in [2.05, 4.69) is 25.6 Å². The number of aryl methyl sites for hydroxylation is 2. The lowest BCUT2D eigenvalue weighted by molar-refractivity contribution is -0.122. The SMILES string of the molecule is Cc1nc([C@@H]2CC[C@H](CNC(=O)Cn3nccc3C)O2)n[nH]1. The number of rotatable bonds is 5. The van der Waals surface area contributed by atoms with Crippen molar-refractivity contribution in [1.29, 1.82) is 0 Å². The molecule has 3 heterocycles. The smallest absolute Gasteiger partial charge is 0.241 e. The summed E-state index contributed by atoms with van der Waals surface area (Å²) in [6.07, 6.45) is 3.37. The Balaban J connectivity index is 1.45. The molecule has 0 spiro atoms. The number of nitrogens with zero attached hydrogens (tertiary/aromatic N) is 4. The quantitative estimate of drug-likeness (QED) is 0.845. The predicted molar refractivity (Wildman–Crippen MR) is 77.9 cm³/mol. The number of aromatic nitrogens is 5. The maximum atomic E-state index is 11.9. The van der Waals surface area contributed by atoms with Gasteiger partial charge in [0.15, 0.2) is 5.82 Å². The molecule has 0 saturated carbocycles. The lowest BCUT2D eigenvalue weighted by atomic mass is 10.2. The van der Waals surface area contributed by atoms with Crippen molar-refractivity contribution < 1.29 is 9.53 Å². The highest BCUT2D eigenvalue weighted by Gasteiger charge is 2.29. The number of aromatic amines is 1. The highest BCUT2D eigenvalue weighted by atomic mass is 16.5. The first-order chi connectivity index (χ1) is 10.6. The van der Waals surface area contributed by atoms with Crippen molar-refractivity contribution in [2.45, 2.75) is 45.4 Å². The minimum absolute atomic E-state index is 0.00599. The number of nitrogens with one attached hydrogen (secondary N) is 2. The summed E-state index contributed by atoms with van der Waals surface area (Å²) in [5.74, 6) is 1.41. The Morgan fingerprint density at radius 2 is 2.36 bits per heavy atom. The Hall–Kier alpha value is -2.22. The molecule has 118 valence electrons. The Morgan fingerprint density at radius 3 is 3.05 bits per heavy atom. The Labute approximate surface area is 128 Å². The summed E-state index contributed by atoms with van der Waals surface area (Å²) in [6, 6.07) is 1.87. The van der Waals surface area contributed by atoms with Gasteiger partial charge >= 0.3 is 0 Å².